The van der Waals surface area contributed by atoms with Crippen LogP contribution in [0.3, 0.4) is 0 Å². The van der Waals surface area contributed by atoms with E-state index >= 15 is 0 Å². The summed E-state index contributed by atoms with van der Waals surface area (Å²) in [6.45, 7) is 22.6. The van der Waals surface area contributed by atoms with Gasteiger partial charge in [0.05, 0.1) is 6.10 Å². The Bertz CT molecular complexity index is 684. The lowest BCUT2D eigenvalue weighted by molar-refractivity contribution is 0.0210. The van der Waals surface area contributed by atoms with Gasteiger partial charge in [0.1, 0.15) is 12.0 Å². The van der Waals surface area contributed by atoms with Crippen molar-refractivity contribution >= 4 is 0 Å². The second kappa shape index (κ2) is 33.5. The van der Waals surface area contributed by atoms with Crippen LogP contribution in [0.25, 0.3) is 0 Å². The van der Waals surface area contributed by atoms with E-state index < -0.39 is 6.23 Å². The molecule has 2 rings (SSSR count). The first-order valence-corrected chi connectivity index (χ1v) is 14.6. The minimum Gasteiger partial charge on any atom is -0.508 e. The van der Waals surface area contributed by atoms with Gasteiger partial charge in [-0.15, -0.1) is 0 Å². The van der Waals surface area contributed by atoms with Crippen LogP contribution >= 0.6 is 0 Å². The molecule has 0 aliphatic heterocycles. The fourth-order valence-electron chi connectivity index (χ4n) is 2.67. The van der Waals surface area contributed by atoms with Gasteiger partial charge in [0.2, 0.25) is 0 Å². The first-order chi connectivity index (χ1) is 18.8. The minimum atomic E-state index is -0.557. The zero-order valence-electron chi connectivity index (χ0n) is 28.1. The first-order valence-electron chi connectivity index (χ1n) is 14.6. The Kier molecular flexibility index (Phi) is 40.2. The highest BCUT2D eigenvalue weighted by molar-refractivity contribution is 5.35. The molecule has 2 unspecified atom stereocenters. The molecular weight excluding hydrogens is 506 g/mol. The molecule has 0 aromatic heterocycles. The highest BCUT2D eigenvalue weighted by atomic mass is 16.3. The zero-order chi connectivity index (χ0) is 32.7. The molecule has 0 bridgehead atoms. The molecule has 3 atom stereocenters. The van der Waals surface area contributed by atoms with Gasteiger partial charge in [-0.3, -0.25) is 5.32 Å². The van der Waals surface area contributed by atoms with E-state index in [2.05, 4.69) is 50.4 Å². The number of allylic oxidation sites excluding steroid dienone is 4. The molecule has 1 aromatic rings. The van der Waals surface area contributed by atoms with Crippen molar-refractivity contribution in [3.05, 3.63) is 53.6 Å². The van der Waals surface area contributed by atoms with Crippen molar-refractivity contribution in [2.45, 2.75) is 114 Å². The molecule has 0 heterocycles. The van der Waals surface area contributed by atoms with Gasteiger partial charge in [-0.05, 0) is 62.1 Å². The summed E-state index contributed by atoms with van der Waals surface area (Å²) in [6.07, 6.45) is 11.1. The fourth-order valence-corrected chi connectivity index (χ4v) is 2.67. The number of phenolic OH excluding ortho intramolecular Hbond substituents is 1. The number of benzene rings is 1. The van der Waals surface area contributed by atoms with E-state index in [0.717, 1.165) is 25.7 Å². The summed E-state index contributed by atoms with van der Waals surface area (Å²) in [6, 6.07) is 5.75. The number of hydrogen-bond acceptors (Lipinski definition) is 7. The van der Waals surface area contributed by atoms with Gasteiger partial charge in [-0.2, -0.15) is 0 Å². The van der Waals surface area contributed by atoms with Crippen LogP contribution in [0.1, 0.15) is 106 Å². The number of phenols is 1. The van der Waals surface area contributed by atoms with E-state index in [9.17, 15) is 15.3 Å². The summed E-state index contributed by atoms with van der Waals surface area (Å²) < 4.78 is 0. The largest absolute Gasteiger partial charge is 0.508 e. The van der Waals surface area contributed by atoms with E-state index in [-0.39, 0.29) is 18.1 Å². The van der Waals surface area contributed by atoms with Crippen LogP contribution in [0.5, 0.6) is 5.75 Å². The number of aromatic hydroxyl groups is 1. The van der Waals surface area contributed by atoms with E-state index in [1.54, 1.807) is 13.0 Å². The maximum atomic E-state index is 9.51. The minimum absolute atomic E-state index is 0.173. The van der Waals surface area contributed by atoms with Crippen LogP contribution in [0.4, 0.5) is 0 Å². The van der Waals surface area contributed by atoms with Crippen molar-refractivity contribution in [1.82, 2.24) is 5.32 Å². The predicted molar refractivity (Wildman–Crippen MR) is 174 cm³/mol. The van der Waals surface area contributed by atoms with Gasteiger partial charge in [0.25, 0.3) is 0 Å². The maximum absolute atomic E-state index is 9.51. The standard InChI is InChI=1S/C10H14O.C9H21NO2.C8H12.C2H6O.C2H6.2CH4O/c1-7(2)9-4-5-10(11)8(3)6-9;1-5-7(11)6-10-8(12)9(2,3)4;1-2-8-6-4-3-5-7-8;1-2-3;3*1-2/h4-7,11H,1-3H3;7-8,10-12H,5-6H2,1-4H3;3-6,8H,2,7H2,1H3;3H,2H2,1H3;1-2H3;2*2H,1H3/t;7-,8?;;;;;/m.0...../s1. The average molecular weight is 574 g/mol. The van der Waals surface area contributed by atoms with E-state index in [1.165, 1.54) is 18.4 Å². The molecule has 0 amide bonds. The van der Waals surface area contributed by atoms with Crippen LogP contribution in [0.2, 0.25) is 0 Å². The van der Waals surface area contributed by atoms with Crippen LogP contribution in [0, 0.1) is 18.3 Å². The molecule has 1 aliphatic carbocycles. The lowest BCUT2D eigenvalue weighted by Gasteiger charge is -2.27. The summed E-state index contributed by atoms with van der Waals surface area (Å²) in [7, 11) is 2.00. The molecule has 240 valence electrons. The summed E-state index contributed by atoms with van der Waals surface area (Å²) in [5, 5.41) is 52.4. The molecule has 7 N–H and O–H groups in total. The number of rotatable bonds is 6. The Morgan fingerprint density at radius 2 is 1.45 bits per heavy atom. The molecule has 0 spiro atoms. The predicted octanol–water partition coefficient (Wildman–Crippen LogP) is 6.31. The molecule has 1 aliphatic rings. The molecule has 0 radical (unpaired) electrons. The Morgan fingerprint density at radius 1 is 0.950 bits per heavy atom. The third-order valence-electron chi connectivity index (χ3n) is 5.32. The summed E-state index contributed by atoms with van der Waals surface area (Å²) in [4.78, 5) is 0. The highest BCUT2D eigenvalue weighted by Gasteiger charge is 2.21. The summed E-state index contributed by atoms with van der Waals surface area (Å²) >= 11 is 0. The second-order valence-electron chi connectivity index (χ2n) is 9.97. The molecule has 0 fully saturated rings. The topological polar surface area (TPSA) is 133 Å². The number of aryl methyl sites for hydroxylation is 1. The number of aliphatic hydroxyl groups is 5. The van der Waals surface area contributed by atoms with Crippen molar-refractivity contribution in [1.29, 1.82) is 0 Å². The fraction of sp³-hybridized carbons (Fsp3) is 0.697. The lowest BCUT2D eigenvalue weighted by Crippen LogP contribution is -2.43. The van der Waals surface area contributed by atoms with Crippen LogP contribution < -0.4 is 5.32 Å². The molecule has 1 aromatic carbocycles. The number of aliphatic hydroxyl groups excluding tert-OH is 5. The van der Waals surface area contributed by atoms with Gasteiger partial charge in [-0.1, -0.05) is 98.8 Å². The Morgan fingerprint density at radius 3 is 1.75 bits per heavy atom. The van der Waals surface area contributed by atoms with Gasteiger partial charge < -0.3 is 30.6 Å². The highest BCUT2D eigenvalue weighted by Crippen LogP contribution is 2.21. The van der Waals surface area contributed by atoms with Crippen molar-refractivity contribution < 1.29 is 30.6 Å². The average Bonchev–Trinajstić information content (AvgIpc) is 2.97. The molecule has 0 saturated heterocycles. The van der Waals surface area contributed by atoms with Crippen molar-refractivity contribution in [3.63, 3.8) is 0 Å². The van der Waals surface area contributed by atoms with Crippen LogP contribution in [-0.4, -0.2) is 70.3 Å². The molecule has 0 saturated carbocycles. The Labute approximate surface area is 247 Å². The van der Waals surface area contributed by atoms with Gasteiger partial charge in [0.15, 0.2) is 0 Å². The normalized spacial score (nSPS) is 14.3. The smallest absolute Gasteiger partial charge is 0.118 e. The molecule has 7 heteroatoms. The number of nitrogens with one attached hydrogen (secondary N) is 1. The molecule has 7 nitrogen and oxygen atoms in total. The monoisotopic (exact) mass is 573 g/mol. The second-order valence-corrected chi connectivity index (χ2v) is 9.97. The quantitative estimate of drug-likeness (QED) is 0.198. The van der Waals surface area contributed by atoms with Crippen LogP contribution in [-0.2, 0) is 0 Å². The summed E-state index contributed by atoms with van der Waals surface area (Å²) in [5.41, 5.74) is 2.06. The Hall–Kier alpha value is -1.74. The SMILES string of the molecule is CC.CCC1C=CC=CC1.CCO.CC[C@H](O)CNC(O)C(C)(C)C.CO.CO.Cc1cc(C(C)C)ccc1O. The van der Waals surface area contributed by atoms with Gasteiger partial charge in [0, 0.05) is 32.8 Å². The Balaban J connectivity index is -0.000000135. The van der Waals surface area contributed by atoms with Gasteiger partial charge in [-0.25, -0.2) is 0 Å². The van der Waals surface area contributed by atoms with Gasteiger partial charge >= 0.3 is 0 Å². The lowest BCUT2D eigenvalue weighted by atomic mass is 9.94. The molecule has 40 heavy (non-hydrogen) atoms. The third-order valence-corrected chi connectivity index (χ3v) is 5.32. The van der Waals surface area contributed by atoms with Crippen molar-refractivity contribution in [2.75, 3.05) is 27.4 Å². The van der Waals surface area contributed by atoms with E-state index in [4.69, 9.17) is 15.3 Å². The maximum Gasteiger partial charge on any atom is 0.118 e. The third kappa shape index (κ3) is 30.8. The zero-order valence-corrected chi connectivity index (χ0v) is 28.1. The van der Waals surface area contributed by atoms with Crippen molar-refractivity contribution in [3.8, 4) is 5.75 Å². The number of hydrogen-bond donors (Lipinski definition) is 7. The van der Waals surface area contributed by atoms with E-state index in [0.29, 0.717) is 24.6 Å². The molecular formula is C33H67NO6. The van der Waals surface area contributed by atoms with Crippen LogP contribution in [0.15, 0.2) is 42.5 Å². The first kappa shape index (κ1) is 48.0. The van der Waals surface area contributed by atoms with E-state index in [1.807, 2.05) is 60.6 Å². The summed E-state index contributed by atoms with van der Waals surface area (Å²) in [5.74, 6) is 1.74. The van der Waals surface area contributed by atoms with Crippen molar-refractivity contribution in [2.24, 2.45) is 11.3 Å².